The summed E-state index contributed by atoms with van der Waals surface area (Å²) in [5, 5.41) is 25.5. The summed E-state index contributed by atoms with van der Waals surface area (Å²) < 4.78 is 0. The van der Waals surface area contributed by atoms with E-state index in [1.807, 2.05) is 0 Å². The zero-order valence-electron chi connectivity index (χ0n) is 8.18. The van der Waals surface area contributed by atoms with Gasteiger partial charge in [0.25, 0.3) is 0 Å². The highest BCUT2D eigenvalue weighted by molar-refractivity contribution is 5.99. The number of guanidine groups is 1. The molecule has 6 heteroatoms. The smallest absolute Gasteiger partial charge is 0.211 e. The maximum absolute atomic E-state index is 9.24. The molecule has 1 aromatic carbocycles. The lowest BCUT2D eigenvalue weighted by Gasteiger charge is -2.01. The van der Waals surface area contributed by atoms with Gasteiger partial charge in [0.2, 0.25) is 5.96 Å². The minimum absolute atomic E-state index is 0.141. The Labute approximate surface area is 86.6 Å². The second-order valence-electron chi connectivity index (χ2n) is 2.91. The molecule has 6 N–H and O–H groups in total. The number of hydrogen-bond acceptors (Lipinski definition) is 4. The largest absolute Gasteiger partial charge is 0.504 e. The maximum Gasteiger partial charge on any atom is 0.211 e. The van der Waals surface area contributed by atoms with Gasteiger partial charge < -0.3 is 21.7 Å². The SMILES string of the molecule is CC(=NN=C(N)N)c1ccc(O)c(O)c1. The second kappa shape index (κ2) is 4.32. The third-order valence-electron chi connectivity index (χ3n) is 1.71. The molecule has 15 heavy (non-hydrogen) atoms. The molecule has 1 rings (SSSR count). The highest BCUT2D eigenvalue weighted by Gasteiger charge is 2.02. The summed E-state index contributed by atoms with van der Waals surface area (Å²) in [5.74, 6) is -0.544. The van der Waals surface area contributed by atoms with Crippen LogP contribution in [-0.4, -0.2) is 21.9 Å². The molecule has 6 nitrogen and oxygen atoms in total. The number of nitrogens with two attached hydrogens (primary N) is 2. The van der Waals surface area contributed by atoms with E-state index in [-0.39, 0.29) is 17.5 Å². The van der Waals surface area contributed by atoms with Crippen molar-refractivity contribution in [1.29, 1.82) is 0 Å². The normalized spacial score (nSPS) is 11.1. The first kappa shape index (κ1) is 10.8. The lowest BCUT2D eigenvalue weighted by atomic mass is 10.1. The molecule has 0 aromatic heterocycles. The molecule has 0 fully saturated rings. The number of aromatic hydroxyl groups is 2. The molecule has 0 amide bonds. The maximum atomic E-state index is 9.24. The molecule has 1 aromatic rings. The Morgan fingerprint density at radius 3 is 2.33 bits per heavy atom. The zero-order valence-corrected chi connectivity index (χ0v) is 8.18. The quantitative estimate of drug-likeness (QED) is 0.238. The van der Waals surface area contributed by atoms with E-state index in [4.69, 9.17) is 16.6 Å². The summed E-state index contributed by atoms with van der Waals surface area (Å²) in [6.07, 6.45) is 0. The fraction of sp³-hybridized carbons (Fsp3) is 0.111. The first-order valence-corrected chi connectivity index (χ1v) is 4.16. The van der Waals surface area contributed by atoms with Gasteiger partial charge in [0.15, 0.2) is 11.5 Å². The Balaban J connectivity index is 3.02. The number of phenols is 2. The van der Waals surface area contributed by atoms with Crippen LogP contribution < -0.4 is 11.5 Å². The van der Waals surface area contributed by atoms with E-state index in [9.17, 15) is 5.11 Å². The number of rotatable bonds is 2. The second-order valence-corrected chi connectivity index (χ2v) is 2.91. The van der Waals surface area contributed by atoms with Gasteiger partial charge in [-0.15, -0.1) is 5.10 Å². The first-order chi connectivity index (χ1) is 7.00. The molecule has 0 atom stereocenters. The molecule has 0 unspecified atom stereocenters. The molecule has 0 saturated heterocycles. The van der Waals surface area contributed by atoms with E-state index in [0.29, 0.717) is 11.3 Å². The van der Waals surface area contributed by atoms with Crippen molar-refractivity contribution in [2.75, 3.05) is 0 Å². The average molecular weight is 208 g/mol. The Morgan fingerprint density at radius 1 is 1.13 bits per heavy atom. The fourth-order valence-corrected chi connectivity index (χ4v) is 0.939. The highest BCUT2D eigenvalue weighted by Crippen LogP contribution is 2.25. The van der Waals surface area contributed by atoms with E-state index >= 15 is 0 Å². The van der Waals surface area contributed by atoms with Gasteiger partial charge in [-0.25, -0.2) is 0 Å². The van der Waals surface area contributed by atoms with Crippen molar-refractivity contribution >= 4 is 11.7 Å². The van der Waals surface area contributed by atoms with Crippen molar-refractivity contribution in [3.63, 3.8) is 0 Å². The molecule has 80 valence electrons. The molecule has 0 saturated carbocycles. The summed E-state index contributed by atoms with van der Waals surface area (Å²) in [5.41, 5.74) is 11.4. The highest BCUT2D eigenvalue weighted by atomic mass is 16.3. The van der Waals surface area contributed by atoms with E-state index < -0.39 is 0 Å². The van der Waals surface area contributed by atoms with Crippen LogP contribution in [0, 0.1) is 0 Å². The van der Waals surface area contributed by atoms with Crippen LogP contribution in [0.15, 0.2) is 28.4 Å². The molecule has 0 aliphatic heterocycles. The van der Waals surface area contributed by atoms with Gasteiger partial charge in [-0.1, -0.05) is 0 Å². The van der Waals surface area contributed by atoms with Crippen molar-refractivity contribution in [3.05, 3.63) is 23.8 Å². The van der Waals surface area contributed by atoms with Crippen molar-refractivity contribution in [1.82, 2.24) is 0 Å². The molecule has 0 heterocycles. The monoisotopic (exact) mass is 208 g/mol. The van der Waals surface area contributed by atoms with Gasteiger partial charge >= 0.3 is 0 Å². The average Bonchev–Trinajstić information content (AvgIpc) is 2.18. The van der Waals surface area contributed by atoms with Gasteiger partial charge in [0, 0.05) is 5.56 Å². The fourth-order valence-electron chi connectivity index (χ4n) is 0.939. The zero-order chi connectivity index (χ0) is 11.4. The molecular formula is C9H12N4O2. The number of nitrogens with zero attached hydrogens (tertiary/aromatic N) is 2. The van der Waals surface area contributed by atoms with E-state index in [2.05, 4.69) is 10.2 Å². The third kappa shape index (κ3) is 2.87. The Kier molecular flexibility index (Phi) is 3.12. The lowest BCUT2D eigenvalue weighted by molar-refractivity contribution is 0.403. The van der Waals surface area contributed by atoms with Crippen molar-refractivity contribution in [2.24, 2.45) is 21.7 Å². The Morgan fingerprint density at radius 2 is 1.80 bits per heavy atom. The van der Waals surface area contributed by atoms with Crippen LogP contribution in [-0.2, 0) is 0 Å². The standard InChI is InChI=1S/C9H12N4O2/c1-5(12-13-9(10)11)6-2-3-7(14)8(15)4-6/h2-4,14-15H,1H3,(H4,10,11,13). The topological polar surface area (TPSA) is 117 Å². The molecule has 0 spiro atoms. The number of benzene rings is 1. The van der Waals surface area contributed by atoms with Crippen LogP contribution in [0.4, 0.5) is 0 Å². The summed E-state index contributed by atoms with van der Waals surface area (Å²) in [6, 6.07) is 4.33. The molecule has 0 bridgehead atoms. The summed E-state index contributed by atoms with van der Waals surface area (Å²) in [7, 11) is 0. The Bertz CT molecular complexity index is 422. The van der Waals surface area contributed by atoms with Crippen LogP contribution in [0.1, 0.15) is 12.5 Å². The molecule has 0 aliphatic rings. The minimum atomic E-state index is -0.216. The van der Waals surface area contributed by atoms with Crippen molar-refractivity contribution < 1.29 is 10.2 Å². The predicted molar refractivity (Wildman–Crippen MR) is 57.8 cm³/mol. The summed E-state index contributed by atoms with van der Waals surface area (Å²) in [6.45, 7) is 1.68. The van der Waals surface area contributed by atoms with Crippen molar-refractivity contribution in [2.45, 2.75) is 6.92 Å². The van der Waals surface area contributed by atoms with E-state index in [0.717, 1.165) is 0 Å². The minimum Gasteiger partial charge on any atom is -0.504 e. The van der Waals surface area contributed by atoms with Gasteiger partial charge in [-0.05, 0) is 25.1 Å². The van der Waals surface area contributed by atoms with Gasteiger partial charge in [0.05, 0.1) is 5.71 Å². The predicted octanol–water partition coefficient (Wildman–Crippen LogP) is 0.0952. The van der Waals surface area contributed by atoms with Crippen LogP contribution in [0.5, 0.6) is 11.5 Å². The van der Waals surface area contributed by atoms with E-state index in [1.165, 1.54) is 12.1 Å². The third-order valence-corrected chi connectivity index (χ3v) is 1.71. The summed E-state index contributed by atoms with van der Waals surface area (Å²) >= 11 is 0. The van der Waals surface area contributed by atoms with Crippen LogP contribution in [0.3, 0.4) is 0 Å². The summed E-state index contributed by atoms with van der Waals surface area (Å²) in [4.78, 5) is 0. The first-order valence-electron chi connectivity index (χ1n) is 4.16. The van der Waals surface area contributed by atoms with Gasteiger partial charge in [-0.2, -0.15) is 5.10 Å². The van der Waals surface area contributed by atoms with Crippen molar-refractivity contribution in [3.8, 4) is 11.5 Å². The number of phenolic OH excluding ortho intramolecular Hbond substituents is 2. The van der Waals surface area contributed by atoms with E-state index in [1.54, 1.807) is 13.0 Å². The molecule has 0 radical (unpaired) electrons. The van der Waals surface area contributed by atoms with Crippen LogP contribution in [0.25, 0.3) is 0 Å². The Hall–Kier alpha value is -2.24. The molecule has 0 aliphatic carbocycles. The number of hydrogen-bond donors (Lipinski definition) is 4. The van der Waals surface area contributed by atoms with Gasteiger partial charge in [0.1, 0.15) is 0 Å². The molecular weight excluding hydrogens is 196 g/mol. The lowest BCUT2D eigenvalue weighted by Crippen LogP contribution is -2.22. The van der Waals surface area contributed by atoms with Gasteiger partial charge in [-0.3, -0.25) is 0 Å². The van der Waals surface area contributed by atoms with Crippen LogP contribution >= 0.6 is 0 Å². The van der Waals surface area contributed by atoms with Crippen LogP contribution in [0.2, 0.25) is 0 Å².